The summed E-state index contributed by atoms with van der Waals surface area (Å²) in [5, 5.41) is 2.72. The number of nitrogens with two attached hydrogens (primary N) is 1. The number of benzene rings is 1. The van der Waals surface area contributed by atoms with Crippen LogP contribution in [-0.2, 0) is 0 Å². The zero-order chi connectivity index (χ0) is 10.8. The van der Waals surface area contributed by atoms with Gasteiger partial charge in [-0.3, -0.25) is 0 Å². The van der Waals surface area contributed by atoms with E-state index in [1.54, 1.807) is 11.3 Å². The lowest BCUT2D eigenvalue weighted by atomic mass is 10.1. The van der Waals surface area contributed by atoms with E-state index >= 15 is 0 Å². The van der Waals surface area contributed by atoms with Gasteiger partial charge in [0.15, 0.2) is 0 Å². The van der Waals surface area contributed by atoms with E-state index in [1.807, 2.05) is 35.7 Å². The third-order valence-electron chi connectivity index (χ3n) is 2.09. The summed E-state index contributed by atoms with van der Waals surface area (Å²) < 4.78 is 0.956. The van der Waals surface area contributed by atoms with Crippen molar-refractivity contribution in [3.05, 3.63) is 55.6 Å². The second-order valence-corrected chi connectivity index (χ2v) is 5.53. The van der Waals surface area contributed by atoms with Crippen molar-refractivity contribution < 1.29 is 0 Å². The number of hydrogen-bond donors (Lipinski definition) is 1. The quantitative estimate of drug-likeness (QED) is 0.883. The van der Waals surface area contributed by atoms with Gasteiger partial charge in [0.25, 0.3) is 0 Å². The third kappa shape index (κ3) is 2.61. The highest BCUT2D eigenvalue weighted by molar-refractivity contribution is 9.10. The van der Waals surface area contributed by atoms with Crippen LogP contribution in [0, 0.1) is 0 Å². The van der Waals surface area contributed by atoms with Crippen molar-refractivity contribution in [3.63, 3.8) is 0 Å². The van der Waals surface area contributed by atoms with Gasteiger partial charge in [-0.15, -0.1) is 11.3 Å². The van der Waals surface area contributed by atoms with Crippen LogP contribution in [0.4, 0.5) is 0 Å². The van der Waals surface area contributed by atoms with Gasteiger partial charge >= 0.3 is 0 Å². The minimum absolute atomic E-state index is 0.0972. The van der Waals surface area contributed by atoms with Gasteiger partial charge < -0.3 is 5.73 Å². The molecule has 0 saturated carbocycles. The molecule has 2 N–H and O–H groups in total. The normalized spacial score (nSPS) is 12.7. The molecule has 0 saturated heterocycles. The van der Waals surface area contributed by atoms with Gasteiger partial charge in [-0.1, -0.05) is 33.6 Å². The first-order valence-electron chi connectivity index (χ1n) is 4.42. The fraction of sp³-hybridized carbons (Fsp3) is 0.0909. The molecule has 1 atom stereocenters. The van der Waals surface area contributed by atoms with Gasteiger partial charge in [-0.25, -0.2) is 0 Å². The molecular formula is C11H9BrClNS. The largest absolute Gasteiger partial charge is 0.320 e. The molecule has 0 aliphatic rings. The zero-order valence-corrected chi connectivity index (χ0v) is 10.9. The second-order valence-electron chi connectivity index (χ2n) is 3.20. The molecule has 0 radical (unpaired) electrons. The van der Waals surface area contributed by atoms with Gasteiger partial charge in [0.05, 0.1) is 6.04 Å². The minimum atomic E-state index is -0.0972. The summed E-state index contributed by atoms with van der Waals surface area (Å²) in [6, 6.07) is 9.68. The lowest BCUT2D eigenvalue weighted by Gasteiger charge is -2.10. The molecule has 1 heterocycles. The Morgan fingerprint density at radius 2 is 2.13 bits per heavy atom. The molecule has 1 nitrogen and oxygen atoms in total. The standard InChI is InChI=1S/C11H9BrClNS/c12-8-4-7(5-9(13)6-8)11(14)10-2-1-3-15-10/h1-6,11H,14H2. The summed E-state index contributed by atoms with van der Waals surface area (Å²) in [4.78, 5) is 1.14. The van der Waals surface area contributed by atoms with Crippen LogP contribution in [-0.4, -0.2) is 0 Å². The van der Waals surface area contributed by atoms with Gasteiger partial charge in [0.1, 0.15) is 0 Å². The fourth-order valence-corrected chi connectivity index (χ4v) is 3.03. The molecular weight excluding hydrogens is 294 g/mol. The van der Waals surface area contributed by atoms with E-state index in [-0.39, 0.29) is 6.04 Å². The molecule has 0 aliphatic carbocycles. The molecule has 1 aromatic heterocycles. The average Bonchev–Trinajstić information content (AvgIpc) is 2.67. The van der Waals surface area contributed by atoms with Crippen molar-refractivity contribution in [1.82, 2.24) is 0 Å². The van der Waals surface area contributed by atoms with Gasteiger partial charge in [0.2, 0.25) is 0 Å². The van der Waals surface area contributed by atoms with Crippen LogP contribution < -0.4 is 5.73 Å². The lowest BCUT2D eigenvalue weighted by molar-refractivity contribution is 0.892. The van der Waals surface area contributed by atoms with Crippen molar-refractivity contribution in [2.24, 2.45) is 5.73 Å². The maximum Gasteiger partial charge on any atom is 0.0646 e. The lowest BCUT2D eigenvalue weighted by Crippen LogP contribution is -2.09. The maximum atomic E-state index is 6.13. The van der Waals surface area contributed by atoms with Crippen LogP contribution >= 0.6 is 38.9 Å². The molecule has 2 aromatic rings. The van der Waals surface area contributed by atoms with E-state index in [2.05, 4.69) is 15.9 Å². The van der Waals surface area contributed by atoms with Crippen LogP contribution in [0.25, 0.3) is 0 Å². The summed E-state index contributed by atoms with van der Waals surface area (Å²) >= 11 is 11.0. The Balaban J connectivity index is 2.37. The summed E-state index contributed by atoms with van der Waals surface area (Å²) in [5.41, 5.74) is 7.15. The summed E-state index contributed by atoms with van der Waals surface area (Å²) in [6.45, 7) is 0. The molecule has 0 amide bonds. The van der Waals surface area contributed by atoms with Crippen LogP contribution in [0.15, 0.2) is 40.2 Å². The number of rotatable bonds is 2. The van der Waals surface area contributed by atoms with Crippen LogP contribution in [0.2, 0.25) is 5.02 Å². The van der Waals surface area contributed by atoms with E-state index in [1.165, 1.54) is 0 Å². The van der Waals surface area contributed by atoms with Gasteiger partial charge in [-0.2, -0.15) is 0 Å². The smallest absolute Gasteiger partial charge is 0.0646 e. The Hall–Kier alpha value is -0.350. The number of hydrogen-bond acceptors (Lipinski definition) is 2. The van der Waals surface area contributed by atoms with Crippen LogP contribution in [0.1, 0.15) is 16.5 Å². The Morgan fingerprint density at radius 3 is 2.73 bits per heavy atom. The maximum absolute atomic E-state index is 6.13. The topological polar surface area (TPSA) is 26.0 Å². The van der Waals surface area contributed by atoms with E-state index in [9.17, 15) is 0 Å². The predicted octanol–water partition coefficient (Wildman–Crippen LogP) is 4.21. The molecule has 0 spiro atoms. The van der Waals surface area contributed by atoms with E-state index in [0.717, 1.165) is 14.9 Å². The molecule has 2 rings (SSSR count). The van der Waals surface area contributed by atoms with Crippen molar-refractivity contribution in [2.75, 3.05) is 0 Å². The summed E-state index contributed by atoms with van der Waals surface area (Å²) in [5.74, 6) is 0. The predicted molar refractivity (Wildman–Crippen MR) is 69.5 cm³/mol. The SMILES string of the molecule is NC(c1cc(Cl)cc(Br)c1)c1cccs1. The first-order valence-corrected chi connectivity index (χ1v) is 6.47. The fourth-order valence-electron chi connectivity index (χ4n) is 1.39. The Morgan fingerprint density at radius 1 is 1.33 bits per heavy atom. The number of halogens is 2. The molecule has 0 aliphatic heterocycles. The van der Waals surface area contributed by atoms with Crippen LogP contribution in [0.5, 0.6) is 0 Å². The summed E-state index contributed by atoms with van der Waals surface area (Å²) in [7, 11) is 0. The van der Waals surface area contributed by atoms with Crippen molar-refractivity contribution in [2.45, 2.75) is 6.04 Å². The first-order chi connectivity index (χ1) is 7.16. The minimum Gasteiger partial charge on any atom is -0.320 e. The van der Waals surface area contributed by atoms with Crippen molar-refractivity contribution in [1.29, 1.82) is 0 Å². The molecule has 4 heteroatoms. The first kappa shape index (κ1) is 11.1. The highest BCUT2D eigenvalue weighted by Crippen LogP contribution is 2.28. The Kier molecular flexibility index (Phi) is 3.46. The van der Waals surface area contributed by atoms with Crippen molar-refractivity contribution >= 4 is 38.9 Å². The highest BCUT2D eigenvalue weighted by atomic mass is 79.9. The molecule has 0 fully saturated rings. The monoisotopic (exact) mass is 301 g/mol. The van der Waals surface area contributed by atoms with E-state index in [0.29, 0.717) is 5.02 Å². The highest BCUT2D eigenvalue weighted by Gasteiger charge is 2.10. The molecule has 15 heavy (non-hydrogen) atoms. The average molecular weight is 303 g/mol. The second kappa shape index (κ2) is 4.66. The Labute approximate surface area is 106 Å². The zero-order valence-electron chi connectivity index (χ0n) is 7.78. The number of thiophene rings is 1. The van der Waals surface area contributed by atoms with E-state index in [4.69, 9.17) is 17.3 Å². The van der Waals surface area contributed by atoms with E-state index < -0.39 is 0 Å². The molecule has 0 bridgehead atoms. The molecule has 1 aromatic carbocycles. The third-order valence-corrected chi connectivity index (χ3v) is 3.73. The Bertz CT molecular complexity index is 435. The van der Waals surface area contributed by atoms with Crippen molar-refractivity contribution in [3.8, 4) is 0 Å². The molecule has 78 valence electrons. The molecule has 1 unspecified atom stereocenters. The van der Waals surface area contributed by atoms with Gasteiger partial charge in [0, 0.05) is 14.4 Å². The summed E-state index contributed by atoms with van der Waals surface area (Å²) in [6.07, 6.45) is 0. The van der Waals surface area contributed by atoms with Gasteiger partial charge in [-0.05, 0) is 35.2 Å². The van der Waals surface area contributed by atoms with Crippen LogP contribution in [0.3, 0.4) is 0 Å².